The molecule has 0 amide bonds. The summed E-state index contributed by atoms with van der Waals surface area (Å²) in [7, 11) is 4.21. The smallest absolute Gasteiger partial charge is 0.00249 e. The van der Waals surface area contributed by atoms with Gasteiger partial charge in [-0.15, -0.1) is 0 Å². The molecule has 0 bridgehead atoms. The highest BCUT2D eigenvalue weighted by Crippen LogP contribution is 1.97. The maximum atomic E-state index is 3.63. The van der Waals surface area contributed by atoms with Crippen molar-refractivity contribution in [2.75, 3.05) is 20.6 Å². The number of rotatable bonds is 4. The second-order valence-electron chi connectivity index (χ2n) is 3.77. The first kappa shape index (κ1) is 13.9. The van der Waals surface area contributed by atoms with Gasteiger partial charge in [0.25, 0.3) is 0 Å². The van der Waals surface area contributed by atoms with Crippen LogP contribution >= 0.6 is 0 Å². The zero-order valence-electron chi connectivity index (χ0n) is 10.2. The highest BCUT2D eigenvalue weighted by atomic mass is 15.0. The van der Waals surface area contributed by atoms with Gasteiger partial charge in [0.2, 0.25) is 0 Å². The quantitative estimate of drug-likeness (QED) is 0.725. The Balaban J connectivity index is 0.000000265. The van der Waals surface area contributed by atoms with Crippen molar-refractivity contribution in [2.24, 2.45) is 0 Å². The largest absolute Gasteiger partial charge is 0.309 e. The average molecular weight is 205 g/mol. The number of hydrogen-bond acceptors (Lipinski definition) is 1. The fraction of sp³-hybridized carbons (Fsp3) is 0.429. The van der Waals surface area contributed by atoms with Gasteiger partial charge in [0.15, 0.2) is 0 Å². The number of unbranched alkanes of at least 4 members (excludes halogenated alkanes) is 1. The van der Waals surface area contributed by atoms with Crippen LogP contribution in [0.1, 0.15) is 25.3 Å². The second kappa shape index (κ2) is 9.47. The second-order valence-corrected chi connectivity index (χ2v) is 3.77. The van der Waals surface area contributed by atoms with Crippen molar-refractivity contribution in [3.8, 4) is 0 Å². The van der Waals surface area contributed by atoms with E-state index in [1.807, 2.05) is 36.4 Å². The van der Waals surface area contributed by atoms with Crippen molar-refractivity contribution in [3.05, 3.63) is 42.5 Å². The molecular formula is C14H23N. The SMILES string of the molecule is C=Cc1ccccc1.CCCCN(C)C. The zero-order valence-corrected chi connectivity index (χ0v) is 10.2. The van der Waals surface area contributed by atoms with Crippen LogP contribution in [0.4, 0.5) is 0 Å². The molecule has 0 saturated heterocycles. The molecule has 0 spiro atoms. The van der Waals surface area contributed by atoms with Gasteiger partial charge in [-0.3, -0.25) is 0 Å². The van der Waals surface area contributed by atoms with Crippen LogP contribution in [-0.2, 0) is 0 Å². The monoisotopic (exact) mass is 205 g/mol. The molecule has 0 N–H and O–H groups in total. The Morgan fingerprint density at radius 1 is 1.20 bits per heavy atom. The predicted molar refractivity (Wildman–Crippen MR) is 70.0 cm³/mol. The summed E-state index contributed by atoms with van der Waals surface area (Å²) in [6, 6.07) is 10.0. The van der Waals surface area contributed by atoms with Crippen molar-refractivity contribution in [3.63, 3.8) is 0 Å². The summed E-state index contributed by atoms with van der Waals surface area (Å²) in [5.41, 5.74) is 1.17. The van der Waals surface area contributed by atoms with E-state index in [4.69, 9.17) is 0 Å². The van der Waals surface area contributed by atoms with Gasteiger partial charge in [0.1, 0.15) is 0 Å². The Morgan fingerprint density at radius 3 is 2.07 bits per heavy atom. The Labute approximate surface area is 94.4 Å². The summed E-state index contributed by atoms with van der Waals surface area (Å²) >= 11 is 0. The molecule has 0 aliphatic rings. The molecule has 0 aliphatic heterocycles. The van der Waals surface area contributed by atoms with Gasteiger partial charge in [-0.1, -0.05) is 56.3 Å². The lowest BCUT2D eigenvalue weighted by molar-refractivity contribution is 0.398. The van der Waals surface area contributed by atoms with Gasteiger partial charge >= 0.3 is 0 Å². The number of hydrogen-bond donors (Lipinski definition) is 0. The summed E-state index contributed by atoms with van der Waals surface area (Å²) in [6.07, 6.45) is 4.46. The molecule has 0 atom stereocenters. The molecule has 0 aliphatic carbocycles. The van der Waals surface area contributed by atoms with Crippen LogP contribution in [0.15, 0.2) is 36.9 Å². The van der Waals surface area contributed by atoms with Gasteiger partial charge in [0, 0.05) is 0 Å². The van der Waals surface area contributed by atoms with Crippen molar-refractivity contribution in [2.45, 2.75) is 19.8 Å². The van der Waals surface area contributed by atoms with Crippen molar-refractivity contribution in [1.29, 1.82) is 0 Å². The Bertz CT molecular complexity index is 239. The van der Waals surface area contributed by atoms with Crippen LogP contribution in [0.2, 0.25) is 0 Å². The van der Waals surface area contributed by atoms with Gasteiger partial charge in [0.05, 0.1) is 0 Å². The molecule has 0 unspecified atom stereocenters. The number of nitrogens with zero attached hydrogens (tertiary/aromatic N) is 1. The maximum Gasteiger partial charge on any atom is -0.00249 e. The van der Waals surface area contributed by atoms with E-state index in [1.54, 1.807) is 0 Å². The van der Waals surface area contributed by atoms with Crippen molar-refractivity contribution in [1.82, 2.24) is 4.90 Å². The summed E-state index contributed by atoms with van der Waals surface area (Å²) in [4.78, 5) is 2.21. The first-order valence-corrected chi connectivity index (χ1v) is 5.53. The molecule has 1 nitrogen and oxygen atoms in total. The van der Waals surface area contributed by atoms with Crippen LogP contribution in [0, 0.1) is 0 Å². The summed E-state index contributed by atoms with van der Waals surface area (Å²) in [6.45, 7) is 7.08. The molecule has 1 rings (SSSR count). The molecule has 0 saturated carbocycles. The van der Waals surface area contributed by atoms with Crippen LogP contribution < -0.4 is 0 Å². The third kappa shape index (κ3) is 9.23. The highest BCUT2D eigenvalue weighted by Gasteiger charge is 1.83. The Kier molecular flexibility index (Phi) is 8.79. The van der Waals surface area contributed by atoms with Crippen LogP contribution in [-0.4, -0.2) is 25.5 Å². The van der Waals surface area contributed by atoms with E-state index < -0.39 is 0 Å². The molecule has 0 aromatic heterocycles. The van der Waals surface area contributed by atoms with Crippen LogP contribution in [0.3, 0.4) is 0 Å². The Morgan fingerprint density at radius 2 is 1.80 bits per heavy atom. The number of benzene rings is 1. The molecule has 1 heteroatoms. The first-order valence-electron chi connectivity index (χ1n) is 5.53. The first-order chi connectivity index (χ1) is 7.20. The minimum Gasteiger partial charge on any atom is -0.309 e. The van der Waals surface area contributed by atoms with Gasteiger partial charge in [-0.25, -0.2) is 0 Å². The molecular weight excluding hydrogens is 182 g/mol. The Hall–Kier alpha value is -1.08. The molecule has 15 heavy (non-hydrogen) atoms. The van der Waals surface area contributed by atoms with Gasteiger partial charge in [-0.2, -0.15) is 0 Å². The van der Waals surface area contributed by atoms with Gasteiger partial charge < -0.3 is 4.90 Å². The molecule has 84 valence electrons. The van der Waals surface area contributed by atoms with Gasteiger partial charge in [-0.05, 0) is 32.6 Å². The van der Waals surface area contributed by atoms with E-state index in [2.05, 4.69) is 32.5 Å². The van der Waals surface area contributed by atoms with Crippen LogP contribution in [0.5, 0.6) is 0 Å². The van der Waals surface area contributed by atoms with E-state index >= 15 is 0 Å². The summed E-state index contributed by atoms with van der Waals surface area (Å²) < 4.78 is 0. The summed E-state index contributed by atoms with van der Waals surface area (Å²) in [5, 5.41) is 0. The molecule has 0 fully saturated rings. The lowest BCUT2D eigenvalue weighted by atomic mass is 10.2. The maximum absolute atomic E-state index is 3.63. The fourth-order valence-electron chi connectivity index (χ4n) is 1.06. The fourth-order valence-corrected chi connectivity index (χ4v) is 1.06. The van der Waals surface area contributed by atoms with Crippen LogP contribution in [0.25, 0.3) is 6.08 Å². The lowest BCUT2D eigenvalue weighted by Crippen LogP contribution is -2.12. The predicted octanol–water partition coefficient (Wildman–Crippen LogP) is 3.68. The third-order valence-corrected chi connectivity index (χ3v) is 1.99. The van der Waals surface area contributed by atoms with E-state index in [-0.39, 0.29) is 0 Å². The molecule has 0 radical (unpaired) electrons. The standard InChI is InChI=1S/C8H8.C6H15N/c1-2-8-6-4-3-5-7-8;1-4-5-6-7(2)3/h2-7H,1H2;4-6H2,1-3H3. The molecule has 1 aromatic rings. The van der Waals surface area contributed by atoms with E-state index in [0.717, 1.165) is 0 Å². The van der Waals surface area contributed by atoms with E-state index in [9.17, 15) is 0 Å². The topological polar surface area (TPSA) is 3.24 Å². The van der Waals surface area contributed by atoms with Crippen molar-refractivity contribution < 1.29 is 0 Å². The minimum absolute atomic E-state index is 1.17. The lowest BCUT2D eigenvalue weighted by Gasteiger charge is -2.05. The van der Waals surface area contributed by atoms with E-state index in [0.29, 0.717) is 0 Å². The zero-order chi connectivity index (χ0) is 11.5. The normalized spacial score (nSPS) is 9.33. The minimum atomic E-state index is 1.17. The third-order valence-electron chi connectivity index (χ3n) is 1.99. The van der Waals surface area contributed by atoms with Crippen molar-refractivity contribution >= 4 is 6.08 Å². The highest BCUT2D eigenvalue weighted by molar-refractivity contribution is 5.45. The molecule has 1 aromatic carbocycles. The average Bonchev–Trinajstić information content (AvgIpc) is 2.28. The molecule has 0 heterocycles. The van der Waals surface area contributed by atoms with E-state index in [1.165, 1.54) is 24.9 Å². The summed E-state index contributed by atoms with van der Waals surface area (Å²) in [5.74, 6) is 0.